The summed E-state index contributed by atoms with van der Waals surface area (Å²) in [4.78, 5) is 28.2. The third-order valence-electron chi connectivity index (χ3n) is 3.96. The Hall–Kier alpha value is -2.61. The lowest BCUT2D eigenvalue weighted by Gasteiger charge is -2.08. The van der Waals surface area contributed by atoms with Gasteiger partial charge in [-0.25, -0.2) is 9.97 Å². The van der Waals surface area contributed by atoms with Crippen LogP contribution in [0.5, 0.6) is 0 Å². The van der Waals surface area contributed by atoms with Crippen LogP contribution >= 0.6 is 11.9 Å². The Morgan fingerprint density at radius 1 is 1.28 bits per heavy atom. The van der Waals surface area contributed by atoms with Crippen LogP contribution in [0.2, 0.25) is 0 Å². The van der Waals surface area contributed by atoms with Gasteiger partial charge in [0.2, 0.25) is 11.9 Å². The van der Waals surface area contributed by atoms with Crippen molar-refractivity contribution >= 4 is 40.7 Å². The van der Waals surface area contributed by atoms with E-state index < -0.39 is 0 Å². The second-order valence-electron chi connectivity index (χ2n) is 5.87. The van der Waals surface area contributed by atoms with Gasteiger partial charge in [0.25, 0.3) is 0 Å². The van der Waals surface area contributed by atoms with Gasteiger partial charge in [-0.15, -0.1) is 0 Å². The van der Waals surface area contributed by atoms with E-state index >= 15 is 0 Å². The first-order valence-corrected chi connectivity index (χ1v) is 9.23. The smallest absolute Gasteiger partial charge is 0.232 e. The fourth-order valence-electron chi connectivity index (χ4n) is 2.51. The summed E-state index contributed by atoms with van der Waals surface area (Å²) in [5.74, 6) is 1.38. The van der Waals surface area contributed by atoms with Crippen LogP contribution in [0.3, 0.4) is 0 Å². The van der Waals surface area contributed by atoms with Gasteiger partial charge in [0, 0.05) is 22.9 Å². The van der Waals surface area contributed by atoms with Crippen LogP contribution in [-0.2, 0) is 4.79 Å². The molecule has 0 atom stereocenters. The minimum atomic E-state index is -0.0167. The van der Waals surface area contributed by atoms with Crippen LogP contribution in [0.25, 0.3) is 22.4 Å². The fourth-order valence-corrected chi connectivity index (χ4v) is 2.95. The lowest BCUT2D eigenvalue weighted by Crippen LogP contribution is -2.15. The van der Waals surface area contributed by atoms with Crippen LogP contribution in [0.1, 0.15) is 19.8 Å². The maximum atomic E-state index is 12.0. The van der Waals surface area contributed by atoms with Gasteiger partial charge in [0.1, 0.15) is 11.2 Å². The number of nitrogens with zero attached hydrogens (tertiary/aromatic N) is 3. The summed E-state index contributed by atoms with van der Waals surface area (Å²) in [6.45, 7) is 2.10. The molecule has 3 N–H and O–H groups in total. The van der Waals surface area contributed by atoms with Crippen LogP contribution in [0.15, 0.2) is 30.6 Å². The Labute approximate surface area is 149 Å². The number of hydrogen-bond donors (Lipinski definition) is 3. The standard InChI is InChI=1S/C17H18N6OS/c1-2-25-23-12-7-5-10(6-8-12)13-14-15(19-9-18-14)21-17(20-13)22-16(24)11-3-4-11/h5-9,11,23H,2-4H2,1H3,(H2,18,19,20,21,22,24). The molecule has 25 heavy (non-hydrogen) atoms. The number of anilines is 2. The van der Waals surface area contributed by atoms with E-state index in [1.807, 2.05) is 24.3 Å². The van der Waals surface area contributed by atoms with E-state index in [9.17, 15) is 4.79 Å². The molecule has 1 aromatic carbocycles. The molecule has 0 saturated heterocycles. The molecule has 0 aliphatic heterocycles. The number of hydrogen-bond acceptors (Lipinski definition) is 6. The number of carbonyl (C=O) groups is 1. The summed E-state index contributed by atoms with van der Waals surface area (Å²) in [5, 5.41) is 2.80. The number of rotatable bonds is 6. The number of carbonyl (C=O) groups excluding carboxylic acids is 1. The average molecular weight is 354 g/mol. The lowest BCUT2D eigenvalue weighted by atomic mass is 10.1. The quantitative estimate of drug-likeness (QED) is 0.587. The van der Waals surface area contributed by atoms with E-state index in [-0.39, 0.29) is 11.8 Å². The maximum absolute atomic E-state index is 12.0. The second-order valence-corrected chi connectivity index (χ2v) is 6.94. The van der Waals surface area contributed by atoms with E-state index in [4.69, 9.17) is 0 Å². The summed E-state index contributed by atoms with van der Waals surface area (Å²) in [6.07, 6.45) is 3.46. The molecule has 0 spiro atoms. The van der Waals surface area contributed by atoms with Gasteiger partial charge in [-0.3, -0.25) is 10.1 Å². The minimum absolute atomic E-state index is 0.0167. The summed E-state index contributed by atoms with van der Waals surface area (Å²) in [6, 6.07) is 8.00. The van der Waals surface area contributed by atoms with E-state index in [1.165, 1.54) is 0 Å². The van der Waals surface area contributed by atoms with Crippen molar-refractivity contribution in [3.63, 3.8) is 0 Å². The molecule has 0 bridgehead atoms. The zero-order chi connectivity index (χ0) is 17.2. The normalized spacial score (nSPS) is 13.8. The third kappa shape index (κ3) is 3.43. The first kappa shape index (κ1) is 15.9. The van der Waals surface area contributed by atoms with Crippen molar-refractivity contribution in [1.82, 2.24) is 19.9 Å². The molecular weight excluding hydrogens is 336 g/mol. The molecule has 1 amide bonds. The summed E-state index contributed by atoms with van der Waals surface area (Å²) >= 11 is 1.65. The van der Waals surface area contributed by atoms with Crippen molar-refractivity contribution in [2.75, 3.05) is 15.8 Å². The van der Waals surface area contributed by atoms with E-state index in [1.54, 1.807) is 18.3 Å². The Morgan fingerprint density at radius 2 is 2.08 bits per heavy atom. The van der Waals surface area contributed by atoms with Crippen molar-refractivity contribution in [2.24, 2.45) is 5.92 Å². The molecule has 3 aromatic rings. The fraction of sp³-hybridized carbons (Fsp3) is 0.294. The van der Waals surface area contributed by atoms with Gasteiger partial charge in [-0.1, -0.05) is 31.0 Å². The summed E-state index contributed by atoms with van der Waals surface area (Å²) < 4.78 is 3.27. The van der Waals surface area contributed by atoms with Crippen molar-refractivity contribution in [1.29, 1.82) is 0 Å². The predicted molar refractivity (Wildman–Crippen MR) is 100 cm³/mol. The molecular formula is C17H18N6OS. The molecule has 0 unspecified atom stereocenters. The summed E-state index contributed by atoms with van der Waals surface area (Å²) in [5.41, 5.74) is 3.99. The molecule has 7 nitrogen and oxygen atoms in total. The molecule has 2 aromatic heterocycles. The van der Waals surface area contributed by atoms with Crippen molar-refractivity contribution < 1.29 is 4.79 Å². The lowest BCUT2D eigenvalue weighted by molar-refractivity contribution is -0.117. The monoisotopic (exact) mass is 354 g/mol. The van der Waals surface area contributed by atoms with Gasteiger partial charge in [-0.2, -0.15) is 4.98 Å². The molecule has 0 radical (unpaired) electrons. The number of imidazole rings is 1. The highest BCUT2D eigenvalue weighted by Crippen LogP contribution is 2.31. The first-order valence-electron chi connectivity index (χ1n) is 8.25. The molecule has 4 rings (SSSR count). The van der Waals surface area contributed by atoms with Crippen molar-refractivity contribution in [3.8, 4) is 11.3 Å². The minimum Gasteiger partial charge on any atom is -0.341 e. The molecule has 1 fully saturated rings. The van der Waals surface area contributed by atoms with Crippen LogP contribution in [0, 0.1) is 5.92 Å². The van der Waals surface area contributed by atoms with Crippen LogP contribution < -0.4 is 10.0 Å². The maximum Gasteiger partial charge on any atom is 0.232 e. The predicted octanol–water partition coefficient (Wildman–Crippen LogP) is 3.45. The van der Waals surface area contributed by atoms with E-state index in [0.717, 1.165) is 41.1 Å². The van der Waals surface area contributed by atoms with E-state index in [2.05, 4.69) is 36.9 Å². The number of benzene rings is 1. The number of aromatic amines is 1. The highest BCUT2D eigenvalue weighted by molar-refractivity contribution is 8.00. The van der Waals surface area contributed by atoms with Crippen LogP contribution in [0.4, 0.5) is 11.6 Å². The van der Waals surface area contributed by atoms with Gasteiger partial charge < -0.3 is 9.71 Å². The number of H-pyrrole nitrogens is 1. The van der Waals surface area contributed by atoms with Crippen LogP contribution in [-0.4, -0.2) is 31.6 Å². The van der Waals surface area contributed by atoms with Gasteiger partial charge in [0.15, 0.2) is 5.65 Å². The SMILES string of the molecule is CCSNc1ccc(-c2nc(NC(=O)C3CC3)nc3nc[nH]c23)cc1. The first-order chi connectivity index (χ1) is 12.2. The van der Waals surface area contributed by atoms with Gasteiger partial charge >= 0.3 is 0 Å². The van der Waals surface area contributed by atoms with Gasteiger partial charge in [-0.05, 0) is 25.0 Å². The third-order valence-corrected chi connectivity index (χ3v) is 4.63. The molecule has 1 aliphatic rings. The molecule has 1 aliphatic carbocycles. The van der Waals surface area contributed by atoms with E-state index in [0.29, 0.717) is 11.6 Å². The highest BCUT2D eigenvalue weighted by Gasteiger charge is 2.30. The summed E-state index contributed by atoms with van der Waals surface area (Å²) in [7, 11) is 0. The van der Waals surface area contributed by atoms with Crippen molar-refractivity contribution in [3.05, 3.63) is 30.6 Å². The zero-order valence-corrected chi connectivity index (χ0v) is 14.6. The molecule has 2 heterocycles. The number of aromatic nitrogens is 4. The number of nitrogens with one attached hydrogen (secondary N) is 3. The molecule has 128 valence electrons. The number of amides is 1. The Bertz CT molecular complexity index is 903. The zero-order valence-electron chi connectivity index (χ0n) is 13.7. The Kier molecular flexibility index (Phi) is 4.27. The topological polar surface area (TPSA) is 95.6 Å². The largest absolute Gasteiger partial charge is 0.341 e. The molecule has 1 saturated carbocycles. The van der Waals surface area contributed by atoms with Gasteiger partial charge in [0.05, 0.1) is 6.33 Å². The average Bonchev–Trinajstić information content (AvgIpc) is 3.38. The highest BCUT2D eigenvalue weighted by atomic mass is 32.2. The Balaban J connectivity index is 1.67. The Morgan fingerprint density at radius 3 is 2.80 bits per heavy atom. The molecule has 8 heteroatoms. The number of fused-ring (bicyclic) bond motifs is 1. The van der Waals surface area contributed by atoms with Crippen molar-refractivity contribution in [2.45, 2.75) is 19.8 Å². The second kappa shape index (κ2) is 6.72.